The van der Waals surface area contributed by atoms with Crippen LogP contribution in [0, 0.1) is 0 Å². The second kappa shape index (κ2) is 4.05. The highest BCUT2D eigenvalue weighted by Gasteiger charge is 2.15. The van der Waals surface area contributed by atoms with Crippen molar-refractivity contribution in [2.75, 3.05) is 0 Å². The molecule has 0 unspecified atom stereocenters. The van der Waals surface area contributed by atoms with Gasteiger partial charge in [0.2, 0.25) is 0 Å². The Morgan fingerprint density at radius 3 is 2.31 bits per heavy atom. The molecule has 1 aromatic rings. The summed E-state index contributed by atoms with van der Waals surface area (Å²) in [5, 5.41) is 0. The molecule has 0 atom stereocenters. The Bertz CT molecular complexity index is 262. The Balaban J connectivity index is 1.97. The van der Waals surface area contributed by atoms with E-state index >= 15 is 0 Å². The largest absolute Gasteiger partial charge is 0.490 e. The van der Waals surface area contributed by atoms with E-state index in [4.69, 9.17) is 4.74 Å². The van der Waals surface area contributed by atoms with E-state index in [1.165, 1.54) is 25.7 Å². The fourth-order valence-corrected chi connectivity index (χ4v) is 1.87. The van der Waals surface area contributed by atoms with Crippen LogP contribution in [0.3, 0.4) is 0 Å². The third kappa shape index (κ3) is 2.41. The predicted octanol–water partition coefficient (Wildman–Crippen LogP) is 3.30. The molecule has 1 aromatic carbocycles. The lowest BCUT2D eigenvalue weighted by Crippen LogP contribution is -2.10. The van der Waals surface area contributed by atoms with Crippen molar-refractivity contribution in [1.29, 1.82) is 0 Å². The summed E-state index contributed by atoms with van der Waals surface area (Å²) in [4.78, 5) is 0.985. The van der Waals surface area contributed by atoms with Crippen molar-refractivity contribution in [3.05, 3.63) is 24.3 Å². The number of hydrogen-bond donors (Lipinski definition) is 1. The van der Waals surface area contributed by atoms with Gasteiger partial charge in [-0.2, -0.15) is 0 Å². The molecule has 0 heterocycles. The summed E-state index contributed by atoms with van der Waals surface area (Å²) >= 11 is 4.22. The van der Waals surface area contributed by atoms with Gasteiger partial charge in [-0.3, -0.25) is 0 Å². The number of benzene rings is 1. The van der Waals surface area contributed by atoms with Crippen LogP contribution in [0.2, 0.25) is 0 Å². The first kappa shape index (κ1) is 8.95. The highest BCUT2D eigenvalue weighted by atomic mass is 32.1. The second-order valence-corrected chi connectivity index (χ2v) is 4.03. The van der Waals surface area contributed by atoms with Gasteiger partial charge >= 0.3 is 0 Å². The number of rotatable bonds is 2. The predicted molar refractivity (Wildman–Crippen MR) is 56.6 cm³/mol. The molecule has 0 amide bonds. The molecular formula is C11H14OS. The summed E-state index contributed by atoms with van der Waals surface area (Å²) in [7, 11) is 0. The third-order valence-electron chi connectivity index (χ3n) is 2.44. The van der Waals surface area contributed by atoms with Crippen molar-refractivity contribution in [2.24, 2.45) is 0 Å². The molecule has 2 heteroatoms. The number of thiol groups is 1. The molecule has 0 spiro atoms. The van der Waals surface area contributed by atoms with E-state index < -0.39 is 0 Å². The Kier molecular flexibility index (Phi) is 2.79. The Morgan fingerprint density at radius 1 is 1.08 bits per heavy atom. The Hall–Kier alpha value is -0.630. The van der Waals surface area contributed by atoms with E-state index in [0.29, 0.717) is 6.10 Å². The zero-order chi connectivity index (χ0) is 9.10. The summed E-state index contributed by atoms with van der Waals surface area (Å²) in [6, 6.07) is 7.90. The fourth-order valence-electron chi connectivity index (χ4n) is 1.72. The topological polar surface area (TPSA) is 9.23 Å². The molecule has 1 saturated carbocycles. The van der Waals surface area contributed by atoms with Crippen LogP contribution < -0.4 is 4.74 Å². The summed E-state index contributed by atoms with van der Waals surface area (Å²) < 4.78 is 5.80. The van der Waals surface area contributed by atoms with Crippen LogP contribution in [-0.4, -0.2) is 6.10 Å². The molecule has 13 heavy (non-hydrogen) atoms. The Labute approximate surface area is 84.5 Å². The van der Waals surface area contributed by atoms with Gasteiger partial charge in [-0.15, -0.1) is 12.6 Å². The maximum Gasteiger partial charge on any atom is 0.119 e. The first-order chi connectivity index (χ1) is 6.34. The maximum absolute atomic E-state index is 5.80. The summed E-state index contributed by atoms with van der Waals surface area (Å²) in [5.74, 6) is 0.977. The van der Waals surface area contributed by atoms with Gasteiger partial charge in [-0.1, -0.05) is 0 Å². The second-order valence-electron chi connectivity index (χ2n) is 3.52. The minimum Gasteiger partial charge on any atom is -0.490 e. The van der Waals surface area contributed by atoms with Crippen molar-refractivity contribution in [2.45, 2.75) is 36.7 Å². The smallest absolute Gasteiger partial charge is 0.119 e. The minimum absolute atomic E-state index is 0.450. The van der Waals surface area contributed by atoms with E-state index in [9.17, 15) is 0 Å². The molecule has 70 valence electrons. The molecule has 0 saturated heterocycles. The van der Waals surface area contributed by atoms with Gasteiger partial charge in [0.25, 0.3) is 0 Å². The monoisotopic (exact) mass is 194 g/mol. The number of ether oxygens (including phenoxy) is 1. The lowest BCUT2D eigenvalue weighted by molar-refractivity contribution is 0.210. The third-order valence-corrected chi connectivity index (χ3v) is 2.74. The zero-order valence-electron chi connectivity index (χ0n) is 7.57. The zero-order valence-corrected chi connectivity index (χ0v) is 8.47. The molecular weight excluding hydrogens is 180 g/mol. The van der Waals surface area contributed by atoms with Crippen LogP contribution in [0.4, 0.5) is 0 Å². The minimum atomic E-state index is 0.450. The van der Waals surface area contributed by atoms with Gasteiger partial charge < -0.3 is 4.74 Å². The van der Waals surface area contributed by atoms with Crippen molar-refractivity contribution >= 4 is 12.6 Å². The van der Waals surface area contributed by atoms with E-state index in [1.807, 2.05) is 24.3 Å². The summed E-state index contributed by atoms with van der Waals surface area (Å²) in [6.45, 7) is 0. The molecule has 1 nitrogen and oxygen atoms in total. The molecule has 0 N–H and O–H groups in total. The maximum atomic E-state index is 5.80. The average Bonchev–Trinajstić information content (AvgIpc) is 2.62. The van der Waals surface area contributed by atoms with E-state index in [-0.39, 0.29) is 0 Å². The van der Waals surface area contributed by atoms with Gasteiger partial charge in [0.05, 0.1) is 6.10 Å². The molecule has 0 radical (unpaired) electrons. The molecule has 0 bridgehead atoms. The molecule has 2 rings (SSSR count). The quantitative estimate of drug-likeness (QED) is 0.711. The van der Waals surface area contributed by atoms with Gasteiger partial charge in [-0.05, 0) is 49.9 Å². The van der Waals surface area contributed by atoms with Crippen LogP contribution in [-0.2, 0) is 0 Å². The fraction of sp³-hybridized carbons (Fsp3) is 0.455. The highest BCUT2D eigenvalue weighted by molar-refractivity contribution is 7.80. The van der Waals surface area contributed by atoms with Crippen molar-refractivity contribution in [3.63, 3.8) is 0 Å². The molecule has 1 aliphatic rings. The van der Waals surface area contributed by atoms with Crippen molar-refractivity contribution in [1.82, 2.24) is 0 Å². The van der Waals surface area contributed by atoms with Crippen LogP contribution >= 0.6 is 12.6 Å². The first-order valence-corrected chi connectivity index (χ1v) is 5.25. The number of hydrogen-bond acceptors (Lipinski definition) is 2. The molecule has 1 aliphatic carbocycles. The normalized spacial score (nSPS) is 17.6. The molecule has 0 aromatic heterocycles. The standard InChI is InChI=1S/C11H14OS/c13-11-7-5-10(6-8-11)12-9-3-1-2-4-9/h5-9,13H,1-4H2. The van der Waals surface area contributed by atoms with Gasteiger partial charge in [0.1, 0.15) is 5.75 Å². The molecule has 0 aliphatic heterocycles. The molecule has 1 fully saturated rings. The van der Waals surface area contributed by atoms with Crippen molar-refractivity contribution in [3.8, 4) is 5.75 Å². The van der Waals surface area contributed by atoms with E-state index in [1.54, 1.807) is 0 Å². The summed E-state index contributed by atoms with van der Waals surface area (Å²) in [5.41, 5.74) is 0. The Morgan fingerprint density at radius 2 is 1.69 bits per heavy atom. The van der Waals surface area contributed by atoms with Crippen LogP contribution in [0.5, 0.6) is 5.75 Å². The summed E-state index contributed by atoms with van der Waals surface area (Å²) in [6.07, 6.45) is 5.50. The SMILES string of the molecule is Sc1ccc(OC2CCCC2)cc1. The lowest BCUT2D eigenvalue weighted by Gasteiger charge is -2.12. The van der Waals surface area contributed by atoms with E-state index in [0.717, 1.165) is 10.6 Å². The van der Waals surface area contributed by atoms with Gasteiger partial charge in [-0.25, -0.2) is 0 Å². The van der Waals surface area contributed by atoms with Crippen molar-refractivity contribution < 1.29 is 4.74 Å². The lowest BCUT2D eigenvalue weighted by atomic mass is 10.3. The highest BCUT2D eigenvalue weighted by Crippen LogP contribution is 2.24. The first-order valence-electron chi connectivity index (χ1n) is 4.80. The van der Waals surface area contributed by atoms with Gasteiger partial charge in [0.15, 0.2) is 0 Å². The van der Waals surface area contributed by atoms with Crippen LogP contribution in [0.15, 0.2) is 29.2 Å². The van der Waals surface area contributed by atoms with Crippen LogP contribution in [0.25, 0.3) is 0 Å². The van der Waals surface area contributed by atoms with Gasteiger partial charge in [0, 0.05) is 4.90 Å². The average molecular weight is 194 g/mol. The van der Waals surface area contributed by atoms with Crippen LogP contribution in [0.1, 0.15) is 25.7 Å². The van der Waals surface area contributed by atoms with E-state index in [2.05, 4.69) is 12.6 Å².